The zero-order chi connectivity index (χ0) is 22.5. The van der Waals surface area contributed by atoms with Gasteiger partial charge in [0.15, 0.2) is 9.84 Å². The van der Waals surface area contributed by atoms with E-state index in [1.807, 2.05) is 12.1 Å². The van der Waals surface area contributed by atoms with E-state index in [1.165, 1.54) is 26.4 Å². The topological polar surface area (TPSA) is 69.7 Å². The molecule has 0 amide bonds. The molecule has 170 valence electrons. The summed E-state index contributed by atoms with van der Waals surface area (Å²) in [5.41, 5.74) is 2.18. The Bertz CT molecular complexity index is 1100. The molecule has 32 heavy (non-hydrogen) atoms. The summed E-state index contributed by atoms with van der Waals surface area (Å²) in [6.45, 7) is 0. The highest BCUT2D eigenvalue weighted by Gasteiger charge is 2.52. The first kappa shape index (κ1) is 21.5. The second-order valence-corrected chi connectivity index (χ2v) is 12.0. The van der Waals surface area contributed by atoms with Gasteiger partial charge in [0.05, 0.1) is 30.4 Å². The van der Waals surface area contributed by atoms with Gasteiger partial charge in [-0.2, -0.15) is 0 Å². The van der Waals surface area contributed by atoms with Gasteiger partial charge in [-0.15, -0.1) is 0 Å². The lowest BCUT2D eigenvalue weighted by Gasteiger charge is -2.57. The Morgan fingerprint density at radius 3 is 2.06 bits per heavy atom. The van der Waals surface area contributed by atoms with E-state index in [0.717, 1.165) is 48.3 Å². The molecule has 0 aromatic heterocycles. The fraction of sp³-hybridized carbons (Fsp3) is 0.500. The molecule has 0 saturated heterocycles. The molecule has 0 N–H and O–H groups in total. The third kappa shape index (κ3) is 3.72. The third-order valence-corrected chi connectivity index (χ3v) is 9.56. The van der Waals surface area contributed by atoms with Crippen LogP contribution in [0.3, 0.4) is 0 Å². The van der Waals surface area contributed by atoms with Gasteiger partial charge < -0.3 is 9.47 Å². The van der Waals surface area contributed by atoms with Crippen molar-refractivity contribution in [3.63, 3.8) is 0 Å². The second kappa shape index (κ2) is 7.91. The molecule has 4 aliphatic rings. The minimum absolute atomic E-state index is 0.0494. The molecule has 6 heteroatoms. The minimum Gasteiger partial charge on any atom is -0.496 e. The van der Waals surface area contributed by atoms with Crippen molar-refractivity contribution in [3.8, 4) is 5.75 Å². The van der Waals surface area contributed by atoms with Gasteiger partial charge in [0.25, 0.3) is 0 Å². The Morgan fingerprint density at radius 1 is 0.938 bits per heavy atom. The van der Waals surface area contributed by atoms with Crippen LogP contribution in [0.1, 0.15) is 60.0 Å². The van der Waals surface area contributed by atoms with Crippen LogP contribution in [0.25, 0.3) is 0 Å². The predicted molar refractivity (Wildman–Crippen MR) is 122 cm³/mol. The number of methoxy groups -OCH3 is 2. The molecular formula is C26H30O5S. The molecule has 0 spiro atoms. The Hall–Kier alpha value is -2.34. The maximum atomic E-state index is 13.3. The van der Waals surface area contributed by atoms with Crippen molar-refractivity contribution in [2.45, 2.75) is 54.6 Å². The number of carbonyl (C=O) groups excluding carboxylic acids is 1. The van der Waals surface area contributed by atoms with Crippen LogP contribution >= 0.6 is 0 Å². The van der Waals surface area contributed by atoms with Crippen LogP contribution in [0.4, 0.5) is 0 Å². The second-order valence-electron chi connectivity index (χ2n) is 10.0. The fourth-order valence-corrected chi connectivity index (χ4v) is 8.26. The van der Waals surface area contributed by atoms with Gasteiger partial charge in [0.2, 0.25) is 0 Å². The number of rotatable bonds is 6. The molecule has 4 aliphatic carbocycles. The number of sulfone groups is 1. The van der Waals surface area contributed by atoms with E-state index in [1.54, 1.807) is 37.4 Å². The molecule has 0 radical (unpaired) electrons. The smallest absolute Gasteiger partial charge is 0.337 e. The van der Waals surface area contributed by atoms with Crippen LogP contribution in [0.2, 0.25) is 0 Å². The van der Waals surface area contributed by atoms with E-state index < -0.39 is 15.8 Å². The fourth-order valence-electron chi connectivity index (χ4n) is 6.89. The summed E-state index contributed by atoms with van der Waals surface area (Å²) in [6.07, 6.45) is 7.44. The highest BCUT2D eigenvalue weighted by Crippen LogP contribution is 2.62. The van der Waals surface area contributed by atoms with Crippen LogP contribution in [0.15, 0.2) is 47.4 Å². The zero-order valence-corrected chi connectivity index (χ0v) is 19.5. The number of hydrogen-bond acceptors (Lipinski definition) is 5. The van der Waals surface area contributed by atoms with Crippen molar-refractivity contribution in [2.24, 2.45) is 17.8 Å². The summed E-state index contributed by atoms with van der Waals surface area (Å²) < 4.78 is 37.1. The van der Waals surface area contributed by atoms with Crippen molar-refractivity contribution in [1.29, 1.82) is 0 Å². The Kier molecular flexibility index (Phi) is 5.31. The van der Waals surface area contributed by atoms with Crippen LogP contribution < -0.4 is 4.74 Å². The van der Waals surface area contributed by atoms with Gasteiger partial charge in [0.1, 0.15) is 5.75 Å². The first-order valence-electron chi connectivity index (χ1n) is 11.4. The molecule has 0 atom stereocenters. The van der Waals surface area contributed by atoms with Crippen molar-refractivity contribution < 1.29 is 22.7 Å². The summed E-state index contributed by atoms with van der Waals surface area (Å²) in [5.74, 6) is 2.56. The molecular weight excluding hydrogens is 424 g/mol. The van der Waals surface area contributed by atoms with E-state index >= 15 is 0 Å². The van der Waals surface area contributed by atoms with Crippen molar-refractivity contribution >= 4 is 15.8 Å². The molecule has 2 aromatic carbocycles. The summed E-state index contributed by atoms with van der Waals surface area (Å²) in [4.78, 5) is 12.0. The number of carbonyl (C=O) groups is 1. The number of hydrogen-bond donors (Lipinski definition) is 0. The number of ether oxygens (including phenoxy) is 2. The summed E-state index contributed by atoms with van der Waals surface area (Å²) in [5, 5.41) is 0. The molecule has 2 aromatic rings. The monoisotopic (exact) mass is 454 g/mol. The van der Waals surface area contributed by atoms with E-state index in [-0.39, 0.29) is 11.2 Å². The molecule has 0 heterocycles. The maximum absolute atomic E-state index is 13.3. The van der Waals surface area contributed by atoms with Crippen LogP contribution in [-0.4, -0.2) is 28.6 Å². The molecule has 4 saturated carbocycles. The lowest BCUT2D eigenvalue weighted by Crippen LogP contribution is -2.48. The molecule has 0 unspecified atom stereocenters. The van der Waals surface area contributed by atoms with Crippen molar-refractivity contribution in [2.75, 3.05) is 14.2 Å². The zero-order valence-electron chi connectivity index (χ0n) is 18.7. The average molecular weight is 455 g/mol. The lowest BCUT2D eigenvalue weighted by atomic mass is 9.48. The Morgan fingerprint density at radius 2 is 1.53 bits per heavy atom. The van der Waals surface area contributed by atoms with Crippen molar-refractivity contribution in [1.82, 2.24) is 0 Å². The molecule has 0 aliphatic heterocycles. The summed E-state index contributed by atoms with van der Waals surface area (Å²) in [7, 11) is -0.541. The average Bonchev–Trinajstić information content (AvgIpc) is 2.77. The largest absolute Gasteiger partial charge is 0.496 e. The van der Waals surface area contributed by atoms with Gasteiger partial charge >= 0.3 is 5.97 Å². The highest BCUT2D eigenvalue weighted by atomic mass is 32.2. The summed E-state index contributed by atoms with van der Waals surface area (Å²) >= 11 is 0. The first-order chi connectivity index (χ1) is 15.3. The van der Waals surface area contributed by atoms with E-state index in [2.05, 4.69) is 0 Å². The van der Waals surface area contributed by atoms with E-state index in [0.29, 0.717) is 16.0 Å². The van der Waals surface area contributed by atoms with Crippen molar-refractivity contribution in [3.05, 3.63) is 59.2 Å². The predicted octanol–water partition coefficient (Wildman–Crippen LogP) is 4.92. The number of esters is 1. The maximum Gasteiger partial charge on any atom is 0.337 e. The molecule has 4 bridgehead atoms. The van der Waals surface area contributed by atoms with Gasteiger partial charge in [-0.1, -0.05) is 12.1 Å². The van der Waals surface area contributed by atoms with Gasteiger partial charge in [0, 0.05) is 5.56 Å². The molecule has 4 fully saturated rings. The van der Waals surface area contributed by atoms with E-state index in [4.69, 9.17) is 9.47 Å². The highest BCUT2D eigenvalue weighted by molar-refractivity contribution is 7.90. The van der Waals surface area contributed by atoms with Crippen LogP contribution in [-0.2, 0) is 25.7 Å². The van der Waals surface area contributed by atoms with Gasteiger partial charge in [-0.3, -0.25) is 0 Å². The lowest BCUT2D eigenvalue weighted by molar-refractivity contribution is -0.00625. The first-order valence-corrected chi connectivity index (χ1v) is 13.1. The Labute approximate surface area is 190 Å². The molecule has 6 rings (SSSR count). The van der Waals surface area contributed by atoms with E-state index in [9.17, 15) is 13.2 Å². The SMILES string of the molecule is COC(=O)c1ccc(CS(=O)(=O)c2ccc(OC)c(C34CC5CC(CC(C5)C3)C4)c2)cc1. The van der Waals surface area contributed by atoms with Gasteiger partial charge in [-0.05, 0) is 97.6 Å². The standard InChI is InChI=1S/C26H30O5S/c1-30-24-8-7-22(32(28,29)16-17-3-5-21(6-4-17)25(27)31-2)12-23(24)26-13-18-9-19(14-26)11-20(10-18)15-26/h3-8,12,18-20H,9-11,13-16H2,1-2H3. The quantitative estimate of drug-likeness (QED) is 0.579. The summed E-state index contributed by atoms with van der Waals surface area (Å²) in [6, 6.07) is 11.9. The Balaban J connectivity index is 1.46. The number of benzene rings is 2. The third-order valence-electron chi connectivity index (χ3n) is 7.87. The normalized spacial score (nSPS) is 28.5. The minimum atomic E-state index is -3.54. The van der Waals surface area contributed by atoms with Crippen LogP contribution in [0.5, 0.6) is 5.75 Å². The van der Waals surface area contributed by atoms with Crippen LogP contribution in [0, 0.1) is 17.8 Å². The molecule has 5 nitrogen and oxygen atoms in total. The van der Waals surface area contributed by atoms with Gasteiger partial charge in [-0.25, -0.2) is 13.2 Å².